The van der Waals surface area contributed by atoms with E-state index < -0.39 is 0 Å². The number of aryl methyl sites for hydroxylation is 1. The lowest BCUT2D eigenvalue weighted by Crippen LogP contribution is -2.69. The van der Waals surface area contributed by atoms with Crippen molar-refractivity contribution in [2.45, 2.75) is 6.92 Å². The fraction of sp³-hybridized carbons (Fsp3) is 0.200. The molecule has 1 rings (SSSR count). The van der Waals surface area contributed by atoms with Gasteiger partial charge in [-0.1, -0.05) is 0 Å². The van der Waals surface area contributed by atoms with Crippen LogP contribution in [0.5, 0.6) is 0 Å². The molecule has 0 aliphatic heterocycles. The number of aromatic nitrogens is 1. The van der Waals surface area contributed by atoms with Crippen LogP contribution in [0.2, 0.25) is 0 Å². The summed E-state index contributed by atoms with van der Waals surface area (Å²) in [6.45, 7) is 1.87. The largest absolute Gasteiger partial charge is 0.405 e. The molecule has 0 radical (unpaired) electrons. The molecule has 0 atom stereocenters. The third-order valence-corrected chi connectivity index (χ3v) is 0.811. The summed E-state index contributed by atoms with van der Waals surface area (Å²) < 4.78 is 4.88. The molecule has 0 unspecified atom stereocenters. The Morgan fingerprint density at radius 1 is 1.88 bits per heavy atom. The highest BCUT2D eigenvalue weighted by molar-refractivity contribution is 5.00. The molecular formula is C5H8N2O. The van der Waals surface area contributed by atoms with E-state index in [-0.39, 0.29) is 0 Å². The molecule has 3 nitrogen and oxygen atoms in total. The highest BCUT2D eigenvalue weighted by atomic mass is 16.4. The van der Waals surface area contributed by atoms with Crippen molar-refractivity contribution >= 4 is 6.01 Å². The maximum absolute atomic E-state index is 4.88. The summed E-state index contributed by atoms with van der Waals surface area (Å²) in [6, 6.07) is 0.586. The molecule has 1 aromatic heterocycles. The lowest BCUT2D eigenvalue weighted by Gasteiger charge is -1.84. The first-order chi connectivity index (χ1) is 3.83. The van der Waals surface area contributed by atoms with Crippen LogP contribution in [0.15, 0.2) is 10.7 Å². The van der Waals surface area contributed by atoms with E-state index >= 15 is 0 Å². The van der Waals surface area contributed by atoms with Crippen molar-refractivity contribution in [1.29, 1.82) is 0 Å². The van der Waals surface area contributed by atoms with E-state index in [1.165, 1.54) is 0 Å². The Labute approximate surface area is 47.7 Å². The van der Waals surface area contributed by atoms with Crippen LogP contribution in [0.3, 0.4) is 0 Å². The minimum Gasteiger partial charge on any atom is -0.405 e. The summed E-state index contributed by atoms with van der Waals surface area (Å²) >= 11 is 0. The van der Waals surface area contributed by atoms with Crippen molar-refractivity contribution in [2.75, 3.05) is 0 Å². The van der Waals surface area contributed by atoms with Crippen LogP contribution in [0.25, 0.3) is 0 Å². The van der Waals surface area contributed by atoms with Gasteiger partial charge in [0.1, 0.15) is 6.26 Å². The van der Waals surface area contributed by atoms with Crippen molar-refractivity contribution in [3.8, 4) is 0 Å². The Kier molecular flexibility index (Phi) is 1.30. The van der Waals surface area contributed by atoms with E-state index in [4.69, 9.17) is 4.42 Å². The molecule has 0 saturated heterocycles. The minimum absolute atomic E-state index is 0.586. The zero-order valence-corrected chi connectivity index (χ0v) is 4.72. The second kappa shape index (κ2) is 1.96. The molecule has 0 aliphatic carbocycles. The van der Waals surface area contributed by atoms with E-state index in [9.17, 15) is 0 Å². The fourth-order valence-electron chi connectivity index (χ4n) is 0.466. The lowest BCUT2D eigenvalue weighted by molar-refractivity contribution is -0.523. The Bertz CT molecular complexity index is 171. The monoisotopic (exact) mass is 112 g/mol. The number of nitrogens with zero attached hydrogens (tertiary/aromatic N) is 1. The maximum Gasteiger partial charge on any atom is 0.373 e. The molecule has 1 aromatic rings. The molecule has 0 spiro atoms. The summed E-state index contributed by atoms with van der Waals surface area (Å²) in [6.07, 6.45) is 1.59. The average molecular weight is 112 g/mol. The minimum atomic E-state index is 0.586. The molecule has 0 aromatic carbocycles. The number of oxazole rings is 1. The molecule has 1 heterocycles. The van der Waals surface area contributed by atoms with Gasteiger partial charge in [-0.25, -0.2) is 0 Å². The van der Waals surface area contributed by atoms with Crippen LogP contribution >= 0.6 is 0 Å². The summed E-state index contributed by atoms with van der Waals surface area (Å²) in [5, 5.41) is 1.58. The molecule has 44 valence electrons. The second-order valence-corrected chi connectivity index (χ2v) is 1.53. The molecule has 0 bridgehead atoms. The van der Waals surface area contributed by atoms with Gasteiger partial charge in [-0.3, -0.25) is 0 Å². The maximum atomic E-state index is 4.88. The third-order valence-electron chi connectivity index (χ3n) is 0.811. The van der Waals surface area contributed by atoms with Crippen LogP contribution in [-0.4, -0.2) is 4.98 Å². The van der Waals surface area contributed by atoms with Gasteiger partial charge in [-0.15, -0.1) is 7.05 Å². The topological polar surface area (TPSA) is 42.6 Å². The second-order valence-electron chi connectivity index (χ2n) is 1.53. The normalized spacial score (nSPS) is 9.75. The fourth-order valence-corrected chi connectivity index (χ4v) is 0.466. The van der Waals surface area contributed by atoms with Crippen molar-refractivity contribution in [3.05, 3.63) is 19.0 Å². The van der Waals surface area contributed by atoms with Crippen LogP contribution in [-0.2, 0) is 0 Å². The molecular weight excluding hydrogens is 104 g/mol. The quantitative estimate of drug-likeness (QED) is 0.518. The smallest absolute Gasteiger partial charge is 0.373 e. The Morgan fingerprint density at radius 3 is 2.88 bits per heavy atom. The van der Waals surface area contributed by atoms with Gasteiger partial charge in [-0.2, -0.15) is 4.98 Å². The molecule has 0 fully saturated rings. The van der Waals surface area contributed by atoms with E-state index in [2.05, 4.69) is 12.0 Å². The summed E-state index contributed by atoms with van der Waals surface area (Å²) in [4.78, 5) is 3.94. The SMILES string of the molecule is [CH2-][NH2+]c1nc(C)co1. The number of nitrogens with two attached hydrogens (primary N) is 1. The first-order valence-electron chi connectivity index (χ1n) is 2.37. The molecule has 3 heteroatoms. The highest BCUT2D eigenvalue weighted by Crippen LogP contribution is 1.97. The summed E-state index contributed by atoms with van der Waals surface area (Å²) in [5.41, 5.74) is 0.889. The highest BCUT2D eigenvalue weighted by Gasteiger charge is 1.94. The number of hydrogen-bond donors (Lipinski definition) is 1. The van der Waals surface area contributed by atoms with E-state index in [1.54, 1.807) is 11.6 Å². The molecule has 8 heavy (non-hydrogen) atoms. The van der Waals surface area contributed by atoms with Gasteiger partial charge in [0.15, 0.2) is 0 Å². The summed E-state index contributed by atoms with van der Waals surface area (Å²) in [7, 11) is 3.49. The zero-order valence-electron chi connectivity index (χ0n) is 4.72. The van der Waals surface area contributed by atoms with Crippen LogP contribution < -0.4 is 5.32 Å². The van der Waals surface area contributed by atoms with Crippen LogP contribution in [0, 0.1) is 14.0 Å². The molecule has 0 aliphatic rings. The first-order valence-corrected chi connectivity index (χ1v) is 2.37. The van der Waals surface area contributed by atoms with Gasteiger partial charge in [-0.05, 0) is 6.92 Å². The third kappa shape index (κ3) is 0.869. The van der Waals surface area contributed by atoms with Gasteiger partial charge in [0.2, 0.25) is 0 Å². The van der Waals surface area contributed by atoms with Crippen molar-refractivity contribution in [2.24, 2.45) is 0 Å². The Hall–Kier alpha value is -0.830. The molecule has 0 saturated carbocycles. The van der Waals surface area contributed by atoms with Crippen molar-refractivity contribution < 1.29 is 9.73 Å². The summed E-state index contributed by atoms with van der Waals surface area (Å²) in [5.74, 6) is 0. The van der Waals surface area contributed by atoms with E-state index in [0.29, 0.717) is 6.01 Å². The molecule has 2 N–H and O–H groups in total. The standard InChI is InChI=1S/C5H8N2O/c1-4-3-8-5(6-2)7-4/h3H,2,6H2,1H3. The predicted octanol–water partition coefficient (Wildman–Crippen LogP) is -0.0305. The van der Waals surface area contributed by atoms with Crippen LogP contribution in [0.1, 0.15) is 5.69 Å². The van der Waals surface area contributed by atoms with Crippen molar-refractivity contribution in [3.63, 3.8) is 0 Å². The molecule has 0 amide bonds. The Morgan fingerprint density at radius 2 is 2.62 bits per heavy atom. The van der Waals surface area contributed by atoms with Gasteiger partial charge in [0.05, 0.1) is 5.69 Å². The average Bonchev–Trinajstić information content (AvgIpc) is 2.14. The van der Waals surface area contributed by atoms with Gasteiger partial charge < -0.3 is 9.73 Å². The van der Waals surface area contributed by atoms with E-state index in [0.717, 1.165) is 5.69 Å². The zero-order chi connectivity index (χ0) is 5.98. The van der Waals surface area contributed by atoms with E-state index in [1.807, 2.05) is 6.92 Å². The predicted molar refractivity (Wildman–Crippen MR) is 28.2 cm³/mol. The van der Waals surface area contributed by atoms with Gasteiger partial charge in [0.25, 0.3) is 0 Å². The lowest BCUT2D eigenvalue weighted by atomic mass is 10.6. The van der Waals surface area contributed by atoms with Crippen LogP contribution in [0.4, 0.5) is 6.01 Å². The Balaban J connectivity index is 2.84. The first kappa shape index (κ1) is 5.31. The number of hydrogen-bond acceptors (Lipinski definition) is 2. The van der Waals surface area contributed by atoms with Gasteiger partial charge >= 0.3 is 6.01 Å². The number of quaternary nitrogens is 1. The number of rotatable bonds is 1. The van der Waals surface area contributed by atoms with Gasteiger partial charge in [0, 0.05) is 0 Å². The van der Waals surface area contributed by atoms with Crippen molar-refractivity contribution in [1.82, 2.24) is 4.98 Å².